The van der Waals surface area contributed by atoms with Crippen molar-refractivity contribution in [3.05, 3.63) is 99.1 Å². The number of benzene rings is 3. The Kier molecular flexibility index (Phi) is 7.87. The molecule has 0 bridgehead atoms. The SMILES string of the molecule is CC1C=C(F)[C@@H](c2cc(F)c(-c3cc(F)c(C(F)(F)Oc4cc(F)c(C(F)(F)F)c(F)c4)c(F)c3)c(Cl)c2)CC1. The first kappa shape index (κ1) is 29.7. The van der Waals surface area contributed by atoms with Gasteiger partial charge in [0, 0.05) is 23.6 Å². The van der Waals surface area contributed by atoms with E-state index >= 15 is 4.39 Å². The number of allylic oxidation sites excluding steroid dienone is 2. The second-order valence-electron chi connectivity index (χ2n) is 9.21. The Morgan fingerprint density at radius 2 is 1.27 bits per heavy atom. The molecule has 0 saturated carbocycles. The van der Waals surface area contributed by atoms with Crippen molar-refractivity contribution in [3.8, 4) is 16.9 Å². The van der Waals surface area contributed by atoms with E-state index in [0.29, 0.717) is 12.8 Å². The normalized spacial score (nSPS) is 18.1. The van der Waals surface area contributed by atoms with Crippen molar-refractivity contribution in [1.29, 1.82) is 0 Å². The van der Waals surface area contributed by atoms with Crippen LogP contribution < -0.4 is 4.74 Å². The van der Waals surface area contributed by atoms with Crippen LogP contribution in [-0.4, -0.2) is 0 Å². The van der Waals surface area contributed by atoms with Crippen LogP contribution in [0.1, 0.15) is 42.4 Å². The molecule has 13 heteroatoms. The molecule has 1 aliphatic carbocycles. The lowest BCUT2D eigenvalue weighted by atomic mass is 9.83. The topological polar surface area (TPSA) is 9.23 Å². The lowest BCUT2D eigenvalue weighted by Gasteiger charge is -2.24. The lowest BCUT2D eigenvalue weighted by molar-refractivity contribution is -0.189. The molecule has 214 valence electrons. The van der Waals surface area contributed by atoms with Gasteiger partial charge in [-0.05, 0) is 60.2 Å². The van der Waals surface area contributed by atoms with E-state index in [1.165, 1.54) is 12.1 Å². The third kappa shape index (κ3) is 5.77. The fourth-order valence-electron chi connectivity index (χ4n) is 4.51. The van der Waals surface area contributed by atoms with Crippen LogP contribution in [0.3, 0.4) is 0 Å². The average molecular weight is 601 g/mol. The van der Waals surface area contributed by atoms with Crippen LogP contribution in [-0.2, 0) is 12.3 Å². The summed E-state index contributed by atoms with van der Waals surface area (Å²) < 4.78 is 158. The first-order valence-electron chi connectivity index (χ1n) is 11.5. The predicted molar refractivity (Wildman–Crippen MR) is 123 cm³/mol. The summed E-state index contributed by atoms with van der Waals surface area (Å²) in [6, 6.07) is 2.21. The smallest absolute Gasteiger partial charge is 0.429 e. The second-order valence-corrected chi connectivity index (χ2v) is 9.62. The molecule has 2 atom stereocenters. The molecule has 0 saturated heterocycles. The van der Waals surface area contributed by atoms with Crippen LogP contribution in [0.15, 0.2) is 48.3 Å². The molecule has 0 heterocycles. The van der Waals surface area contributed by atoms with Crippen molar-refractivity contribution >= 4 is 11.6 Å². The van der Waals surface area contributed by atoms with Gasteiger partial charge in [0.25, 0.3) is 0 Å². The summed E-state index contributed by atoms with van der Waals surface area (Å²) in [4.78, 5) is 0. The van der Waals surface area contributed by atoms with Crippen molar-refractivity contribution < 1.29 is 53.0 Å². The quantitative estimate of drug-likeness (QED) is 0.265. The monoisotopic (exact) mass is 600 g/mol. The van der Waals surface area contributed by atoms with Gasteiger partial charge < -0.3 is 4.74 Å². The Labute approximate surface area is 224 Å². The molecule has 0 radical (unpaired) electrons. The highest BCUT2D eigenvalue weighted by atomic mass is 35.5. The van der Waals surface area contributed by atoms with Crippen LogP contribution >= 0.6 is 11.6 Å². The number of ether oxygens (including phenoxy) is 1. The summed E-state index contributed by atoms with van der Waals surface area (Å²) in [6.45, 7) is 1.80. The van der Waals surface area contributed by atoms with Crippen molar-refractivity contribution in [3.63, 3.8) is 0 Å². The Bertz CT molecular complexity index is 1430. The minimum Gasteiger partial charge on any atom is -0.429 e. The van der Waals surface area contributed by atoms with Crippen LogP contribution in [0.2, 0.25) is 5.02 Å². The van der Waals surface area contributed by atoms with Crippen LogP contribution in [0, 0.1) is 35.0 Å². The maximum Gasteiger partial charge on any atom is 0.432 e. The van der Waals surface area contributed by atoms with E-state index in [9.17, 15) is 43.9 Å². The van der Waals surface area contributed by atoms with Crippen LogP contribution in [0.5, 0.6) is 5.75 Å². The van der Waals surface area contributed by atoms with E-state index < -0.39 is 86.1 Å². The van der Waals surface area contributed by atoms with E-state index in [1.807, 2.05) is 0 Å². The van der Waals surface area contributed by atoms with E-state index in [4.69, 9.17) is 11.6 Å². The minimum atomic E-state index is -5.50. The summed E-state index contributed by atoms with van der Waals surface area (Å²) in [6.07, 6.45) is -8.15. The van der Waals surface area contributed by atoms with E-state index in [-0.39, 0.29) is 35.7 Å². The summed E-state index contributed by atoms with van der Waals surface area (Å²) >= 11 is 6.13. The second kappa shape index (κ2) is 10.6. The molecule has 3 aromatic carbocycles. The molecule has 1 aliphatic rings. The van der Waals surface area contributed by atoms with Crippen molar-refractivity contribution in [2.24, 2.45) is 5.92 Å². The maximum absolute atomic E-state index is 15.0. The molecule has 0 aliphatic heterocycles. The van der Waals surface area contributed by atoms with Gasteiger partial charge in [0.15, 0.2) is 0 Å². The fourth-order valence-corrected chi connectivity index (χ4v) is 4.83. The highest BCUT2D eigenvalue weighted by Gasteiger charge is 2.43. The highest BCUT2D eigenvalue weighted by molar-refractivity contribution is 6.33. The average Bonchev–Trinajstić information content (AvgIpc) is 2.76. The van der Waals surface area contributed by atoms with Crippen LogP contribution in [0.25, 0.3) is 11.1 Å². The van der Waals surface area contributed by atoms with Gasteiger partial charge in [-0.1, -0.05) is 18.5 Å². The molecule has 1 nitrogen and oxygen atoms in total. The fraction of sp³-hybridized carbons (Fsp3) is 0.259. The number of halogens is 12. The molecular formula is C27H16ClF11O. The molecule has 1 unspecified atom stereocenters. The number of hydrogen-bond donors (Lipinski definition) is 0. The standard InChI is InChI=1S/C27H16ClF11O/c1-11-2-3-15(17(29)4-11)12-5-16(28)23(18(30)6-12)13-7-19(31)25(20(32)8-13)27(38,39)40-14-9-21(33)24(22(34)10-14)26(35,36)37/h4-11,15H,2-3H2,1H3/t11?,15-/m1/s1. The van der Waals surface area contributed by atoms with Gasteiger partial charge in [-0.25, -0.2) is 26.3 Å². The highest BCUT2D eigenvalue weighted by Crippen LogP contribution is 2.43. The van der Waals surface area contributed by atoms with Gasteiger partial charge in [0.2, 0.25) is 0 Å². The number of alkyl halides is 5. The molecule has 0 N–H and O–H groups in total. The van der Waals surface area contributed by atoms with E-state index in [1.54, 1.807) is 6.92 Å². The molecule has 0 aromatic heterocycles. The summed E-state index contributed by atoms with van der Waals surface area (Å²) in [5, 5.41) is -0.397. The predicted octanol–water partition coefficient (Wildman–Crippen LogP) is 10.2. The molecule has 0 amide bonds. The zero-order chi connectivity index (χ0) is 29.7. The van der Waals surface area contributed by atoms with E-state index in [0.717, 1.165) is 6.07 Å². The number of rotatable bonds is 5. The molecule has 3 aromatic rings. The zero-order valence-corrected chi connectivity index (χ0v) is 20.8. The summed E-state index contributed by atoms with van der Waals surface area (Å²) in [7, 11) is 0. The lowest BCUT2D eigenvalue weighted by Crippen LogP contribution is -2.25. The third-order valence-corrected chi connectivity index (χ3v) is 6.62. The summed E-state index contributed by atoms with van der Waals surface area (Å²) in [5.74, 6) is -12.6. The zero-order valence-electron chi connectivity index (χ0n) is 20.1. The van der Waals surface area contributed by atoms with Gasteiger partial charge in [0.05, 0.1) is 5.02 Å². The van der Waals surface area contributed by atoms with Gasteiger partial charge in [-0.2, -0.15) is 22.0 Å². The largest absolute Gasteiger partial charge is 0.432 e. The van der Waals surface area contributed by atoms with Gasteiger partial charge in [-0.15, -0.1) is 0 Å². The first-order valence-corrected chi connectivity index (χ1v) is 11.9. The number of hydrogen-bond acceptors (Lipinski definition) is 1. The molecule has 4 rings (SSSR count). The van der Waals surface area contributed by atoms with Crippen molar-refractivity contribution in [2.45, 2.75) is 38.0 Å². The van der Waals surface area contributed by atoms with Crippen molar-refractivity contribution in [2.75, 3.05) is 0 Å². The Morgan fingerprint density at radius 1 is 0.725 bits per heavy atom. The van der Waals surface area contributed by atoms with Gasteiger partial charge in [0.1, 0.15) is 51.8 Å². The van der Waals surface area contributed by atoms with Gasteiger partial charge in [-0.3, -0.25) is 0 Å². The van der Waals surface area contributed by atoms with Crippen LogP contribution in [0.4, 0.5) is 48.3 Å². The summed E-state index contributed by atoms with van der Waals surface area (Å²) in [5.41, 5.74) is -5.51. The first-order chi connectivity index (χ1) is 18.5. The molecule has 0 fully saturated rings. The Hall–Kier alpha value is -3.28. The van der Waals surface area contributed by atoms with Gasteiger partial charge >= 0.3 is 12.3 Å². The molecule has 40 heavy (non-hydrogen) atoms. The third-order valence-electron chi connectivity index (χ3n) is 6.32. The Morgan fingerprint density at radius 3 is 1.77 bits per heavy atom. The maximum atomic E-state index is 15.0. The molecule has 0 spiro atoms. The Balaban J connectivity index is 1.68. The van der Waals surface area contributed by atoms with E-state index in [2.05, 4.69) is 4.74 Å². The molecular weight excluding hydrogens is 585 g/mol. The minimum absolute atomic E-state index is 0.0280. The van der Waals surface area contributed by atoms with Crippen molar-refractivity contribution in [1.82, 2.24) is 0 Å².